The van der Waals surface area contributed by atoms with Gasteiger partial charge in [0.1, 0.15) is 11.4 Å². The Bertz CT molecular complexity index is 563. The number of rotatable bonds is 2. The van der Waals surface area contributed by atoms with E-state index in [1.54, 1.807) is 22.8 Å². The Morgan fingerprint density at radius 1 is 1.38 bits per heavy atom. The van der Waals surface area contributed by atoms with Crippen LogP contribution in [0, 0.1) is 0 Å². The number of para-hydroxylation sites is 1. The summed E-state index contributed by atoms with van der Waals surface area (Å²) in [4.78, 5) is 14.6. The summed E-state index contributed by atoms with van der Waals surface area (Å²) in [5.41, 5.74) is 5.86. The third-order valence-corrected chi connectivity index (χ3v) is 2.22. The molecule has 1 aromatic heterocycles. The highest BCUT2D eigenvalue weighted by molar-refractivity contribution is 5.34. The Balaban J connectivity index is 2.31. The number of nitrogens with zero attached hydrogens (tertiary/aromatic N) is 2. The minimum atomic E-state index is -0.437. The number of hydrogen-bond acceptors (Lipinski definition) is 4. The molecule has 0 unspecified atom stereocenters. The molecule has 0 saturated heterocycles. The third kappa shape index (κ3) is 2.03. The van der Waals surface area contributed by atoms with E-state index >= 15 is 0 Å². The maximum absolute atomic E-state index is 11.0. The van der Waals surface area contributed by atoms with Crippen LogP contribution in [0.3, 0.4) is 0 Å². The molecule has 1 aromatic carbocycles. The largest absolute Gasteiger partial charge is 0.508 e. The van der Waals surface area contributed by atoms with Crippen molar-refractivity contribution in [2.75, 3.05) is 5.73 Å². The van der Waals surface area contributed by atoms with Crippen LogP contribution in [0.4, 0.5) is 5.69 Å². The van der Waals surface area contributed by atoms with Crippen molar-refractivity contribution in [2.24, 2.45) is 0 Å². The summed E-state index contributed by atoms with van der Waals surface area (Å²) >= 11 is 0. The Morgan fingerprint density at radius 3 is 2.81 bits per heavy atom. The first kappa shape index (κ1) is 10.2. The number of phenolic OH excluding ortho intramolecular Hbond substituents is 1. The standard InChI is InChI=1S/C11H11N3O2/c12-9-6-14(7-13-11(9)16)5-8-3-1-2-4-10(8)15/h1-4,6-7,15H,5,12H2. The average molecular weight is 217 g/mol. The van der Waals surface area contributed by atoms with Crippen LogP contribution in [0.1, 0.15) is 5.56 Å². The Labute approximate surface area is 91.8 Å². The van der Waals surface area contributed by atoms with E-state index in [0.29, 0.717) is 6.54 Å². The fourth-order valence-corrected chi connectivity index (χ4v) is 1.40. The lowest BCUT2D eigenvalue weighted by Gasteiger charge is -2.07. The van der Waals surface area contributed by atoms with Crippen LogP contribution in [0.5, 0.6) is 5.75 Å². The highest BCUT2D eigenvalue weighted by Gasteiger charge is 2.01. The van der Waals surface area contributed by atoms with Gasteiger partial charge in [-0.2, -0.15) is 4.98 Å². The van der Waals surface area contributed by atoms with Crippen molar-refractivity contribution in [1.82, 2.24) is 9.55 Å². The Hall–Kier alpha value is -2.30. The van der Waals surface area contributed by atoms with Gasteiger partial charge < -0.3 is 15.4 Å². The maximum Gasteiger partial charge on any atom is 0.295 e. The van der Waals surface area contributed by atoms with Crippen molar-refractivity contribution >= 4 is 5.69 Å². The number of aromatic nitrogens is 2. The van der Waals surface area contributed by atoms with Crippen LogP contribution >= 0.6 is 0 Å². The van der Waals surface area contributed by atoms with Crippen LogP contribution in [0.15, 0.2) is 41.6 Å². The Kier molecular flexibility index (Phi) is 2.59. The monoisotopic (exact) mass is 217 g/mol. The molecule has 0 amide bonds. The second kappa shape index (κ2) is 4.06. The van der Waals surface area contributed by atoms with Crippen molar-refractivity contribution in [3.8, 4) is 5.75 Å². The van der Waals surface area contributed by atoms with Crippen LogP contribution in [0.2, 0.25) is 0 Å². The van der Waals surface area contributed by atoms with Gasteiger partial charge in [-0.3, -0.25) is 4.79 Å². The molecular formula is C11H11N3O2. The quantitative estimate of drug-likeness (QED) is 0.771. The van der Waals surface area contributed by atoms with Gasteiger partial charge in [0.2, 0.25) is 0 Å². The number of phenols is 1. The van der Waals surface area contributed by atoms with Crippen molar-refractivity contribution in [3.63, 3.8) is 0 Å². The predicted octanol–water partition coefficient (Wildman–Crippen LogP) is 0.579. The first-order valence-corrected chi connectivity index (χ1v) is 4.75. The summed E-state index contributed by atoms with van der Waals surface area (Å²) in [6, 6.07) is 6.98. The fraction of sp³-hybridized carbons (Fsp3) is 0.0909. The molecule has 0 aliphatic carbocycles. The normalized spacial score (nSPS) is 10.2. The molecule has 2 aromatic rings. The van der Waals surface area contributed by atoms with Crippen LogP contribution in [-0.4, -0.2) is 14.7 Å². The highest BCUT2D eigenvalue weighted by atomic mass is 16.3. The first-order chi connectivity index (χ1) is 7.66. The van der Waals surface area contributed by atoms with E-state index in [-0.39, 0.29) is 11.4 Å². The van der Waals surface area contributed by atoms with Crippen molar-refractivity contribution in [1.29, 1.82) is 0 Å². The summed E-state index contributed by atoms with van der Waals surface area (Å²) in [7, 11) is 0. The summed E-state index contributed by atoms with van der Waals surface area (Å²) in [6.45, 7) is 0.421. The van der Waals surface area contributed by atoms with Crippen LogP contribution < -0.4 is 11.3 Å². The van der Waals surface area contributed by atoms with Crippen LogP contribution in [0.25, 0.3) is 0 Å². The molecule has 5 nitrogen and oxygen atoms in total. The van der Waals surface area contributed by atoms with E-state index in [4.69, 9.17) is 5.73 Å². The number of benzene rings is 1. The molecule has 0 atom stereocenters. The van der Waals surface area contributed by atoms with Crippen LogP contribution in [-0.2, 0) is 6.54 Å². The summed E-state index contributed by atoms with van der Waals surface area (Å²) in [6.07, 6.45) is 2.90. The number of nitrogens with two attached hydrogens (primary N) is 1. The van der Waals surface area contributed by atoms with Gasteiger partial charge in [0.15, 0.2) is 0 Å². The van der Waals surface area contributed by atoms with Gasteiger partial charge in [-0.1, -0.05) is 18.2 Å². The molecule has 16 heavy (non-hydrogen) atoms. The molecule has 0 aliphatic rings. The van der Waals surface area contributed by atoms with Gasteiger partial charge in [0.25, 0.3) is 5.56 Å². The van der Waals surface area contributed by atoms with Crippen molar-refractivity contribution < 1.29 is 5.11 Å². The third-order valence-electron chi connectivity index (χ3n) is 2.22. The van der Waals surface area contributed by atoms with E-state index in [1.165, 1.54) is 12.5 Å². The summed E-state index contributed by atoms with van der Waals surface area (Å²) in [5.74, 6) is 0.208. The number of aromatic hydroxyl groups is 1. The summed E-state index contributed by atoms with van der Waals surface area (Å²) < 4.78 is 1.64. The number of nitrogen functional groups attached to an aromatic ring is 1. The minimum absolute atomic E-state index is 0.0953. The molecule has 1 heterocycles. The second-order valence-electron chi connectivity index (χ2n) is 3.44. The van der Waals surface area contributed by atoms with E-state index in [2.05, 4.69) is 4.98 Å². The van der Waals surface area contributed by atoms with E-state index < -0.39 is 5.56 Å². The minimum Gasteiger partial charge on any atom is -0.508 e. The molecule has 0 fully saturated rings. The van der Waals surface area contributed by atoms with Gasteiger partial charge >= 0.3 is 0 Å². The molecule has 0 aliphatic heterocycles. The van der Waals surface area contributed by atoms with Gasteiger partial charge in [-0.25, -0.2) is 0 Å². The SMILES string of the molecule is Nc1cn(Cc2ccccc2O)cnc1=O. The Morgan fingerprint density at radius 2 is 2.12 bits per heavy atom. The lowest BCUT2D eigenvalue weighted by atomic mass is 10.2. The second-order valence-corrected chi connectivity index (χ2v) is 3.44. The smallest absolute Gasteiger partial charge is 0.295 e. The van der Waals surface area contributed by atoms with Gasteiger partial charge in [-0.05, 0) is 6.07 Å². The molecular weight excluding hydrogens is 206 g/mol. The molecule has 0 spiro atoms. The van der Waals surface area contributed by atoms with E-state index in [0.717, 1.165) is 5.56 Å². The van der Waals surface area contributed by atoms with E-state index in [1.807, 2.05) is 6.07 Å². The lowest BCUT2D eigenvalue weighted by molar-refractivity contribution is 0.465. The molecule has 2 rings (SSSR count). The van der Waals surface area contributed by atoms with Gasteiger partial charge in [0.05, 0.1) is 12.9 Å². The molecule has 0 saturated carbocycles. The fourth-order valence-electron chi connectivity index (χ4n) is 1.40. The zero-order chi connectivity index (χ0) is 11.5. The van der Waals surface area contributed by atoms with Crippen molar-refractivity contribution in [3.05, 3.63) is 52.7 Å². The topological polar surface area (TPSA) is 81.1 Å². The highest BCUT2D eigenvalue weighted by Crippen LogP contribution is 2.16. The van der Waals surface area contributed by atoms with E-state index in [9.17, 15) is 9.90 Å². The molecule has 5 heteroatoms. The van der Waals surface area contributed by atoms with Crippen molar-refractivity contribution in [2.45, 2.75) is 6.54 Å². The molecule has 82 valence electrons. The van der Waals surface area contributed by atoms with Gasteiger partial charge in [0, 0.05) is 11.8 Å². The zero-order valence-electron chi connectivity index (χ0n) is 8.50. The molecule has 0 radical (unpaired) electrons. The zero-order valence-corrected chi connectivity index (χ0v) is 8.50. The maximum atomic E-state index is 11.0. The summed E-state index contributed by atoms with van der Waals surface area (Å²) in [5, 5.41) is 9.57. The molecule has 0 bridgehead atoms. The van der Waals surface area contributed by atoms with Gasteiger partial charge in [-0.15, -0.1) is 0 Å². The number of anilines is 1. The lowest BCUT2D eigenvalue weighted by Crippen LogP contribution is -2.15. The first-order valence-electron chi connectivity index (χ1n) is 4.75. The number of hydrogen-bond donors (Lipinski definition) is 2. The molecule has 3 N–H and O–H groups in total. The average Bonchev–Trinajstić information content (AvgIpc) is 2.27. The predicted molar refractivity (Wildman–Crippen MR) is 60.1 cm³/mol.